The predicted octanol–water partition coefficient (Wildman–Crippen LogP) is 3.23. The normalized spacial score (nSPS) is 18.0. The van der Waals surface area contributed by atoms with Crippen LogP contribution >= 0.6 is 11.6 Å². The highest BCUT2D eigenvalue weighted by molar-refractivity contribution is 6.30. The van der Waals surface area contributed by atoms with Crippen molar-refractivity contribution in [3.8, 4) is 5.69 Å². The number of amides is 1. The van der Waals surface area contributed by atoms with Gasteiger partial charge in [0.2, 0.25) is 0 Å². The second-order valence-electron chi connectivity index (χ2n) is 9.34. The van der Waals surface area contributed by atoms with Crippen molar-refractivity contribution < 1.29 is 24.2 Å². The molecule has 1 saturated heterocycles. The van der Waals surface area contributed by atoms with Gasteiger partial charge in [-0.1, -0.05) is 25.4 Å². The Morgan fingerprint density at radius 1 is 1.24 bits per heavy atom. The molecule has 0 spiro atoms. The Kier molecular flexibility index (Phi) is 6.72. The zero-order valence-corrected chi connectivity index (χ0v) is 21.3. The Hall–Kier alpha value is -3.93. The maximum absolute atomic E-state index is 14.8. The predicted molar refractivity (Wildman–Crippen MR) is 136 cm³/mol. The number of aromatic nitrogens is 3. The Morgan fingerprint density at radius 3 is 2.51 bits per heavy atom. The fourth-order valence-corrected chi connectivity index (χ4v) is 4.90. The molecule has 2 atom stereocenters. The van der Waals surface area contributed by atoms with E-state index in [0.29, 0.717) is 16.9 Å². The number of hydrogen-bond acceptors (Lipinski definition) is 7. The van der Waals surface area contributed by atoms with Gasteiger partial charge in [-0.15, -0.1) is 0 Å². The van der Waals surface area contributed by atoms with Gasteiger partial charge < -0.3 is 25.7 Å². The fraction of sp³-hybridized carbons (Fsp3) is 0.375. The van der Waals surface area contributed by atoms with Crippen LogP contribution in [0, 0.1) is 12.7 Å². The maximum Gasteiger partial charge on any atom is 0.407 e. The number of anilines is 2. The van der Waals surface area contributed by atoms with E-state index < -0.39 is 47.2 Å². The van der Waals surface area contributed by atoms with Crippen molar-refractivity contribution >= 4 is 46.1 Å². The molecule has 1 fully saturated rings. The molecule has 4 heterocycles. The van der Waals surface area contributed by atoms with Crippen LogP contribution in [0.1, 0.15) is 37.9 Å². The summed E-state index contributed by atoms with van der Waals surface area (Å²) in [7, 11) is 0. The molecule has 3 aromatic heterocycles. The van der Waals surface area contributed by atoms with Gasteiger partial charge in [0.15, 0.2) is 16.6 Å². The van der Waals surface area contributed by atoms with Gasteiger partial charge >= 0.3 is 12.1 Å². The van der Waals surface area contributed by atoms with Crippen LogP contribution in [-0.4, -0.2) is 66.9 Å². The standard InChI is InChI=1S/C24H26ClFN6O5/c1-10(2)17-18(11(3)5-6-28-17)32-21-13(7-14(26)20(25)29-21)19(16(27)22(32)33)31-8-12(4)30(24(36)37)9-15(31)23(34)35/h5-7,10,12,15H,8-9,27H2,1-4H3,(H,34,35)(H,36,37)/t12-,15-/m1/s1. The van der Waals surface area contributed by atoms with Gasteiger partial charge in [-0.25, -0.2) is 19.0 Å². The van der Waals surface area contributed by atoms with Crippen LogP contribution < -0.4 is 16.2 Å². The Balaban J connectivity index is 2.10. The molecular formula is C24H26ClFN6O5. The first-order chi connectivity index (χ1) is 17.3. The first-order valence-electron chi connectivity index (χ1n) is 11.5. The average molecular weight is 533 g/mol. The number of piperazine rings is 1. The lowest BCUT2D eigenvalue weighted by atomic mass is 10.0. The van der Waals surface area contributed by atoms with Gasteiger partial charge in [-0.05, 0) is 37.5 Å². The number of hydrogen-bond donors (Lipinski definition) is 3. The third-order valence-electron chi connectivity index (χ3n) is 6.55. The number of nitrogens with zero attached hydrogens (tertiary/aromatic N) is 5. The molecule has 0 bridgehead atoms. The van der Waals surface area contributed by atoms with Crippen LogP contribution in [0.5, 0.6) is 0 Å². The van der Waals surface area contributed by atoms with Crippen LogP contribution in [-0.2, 0) is 4.79 Å². The minimum absolute atomic E-state index is 0.0314. The van der Waals surface area contributed by atoms with E-state index in [4.69, 9.17) is 17.3 Å². The molecule has 3 aromatic rings. The molecule has 0 unspecified atom stereocenters. The van der Waals surface area contributed by atoms with Gasteiger partial charge in [0, 0.05) is 24.2 Å². The zero-order chi connectivity index (χ0) is 27.3. The molecule has 4 N–H and O–H groups in total. The fourth-order valence-electron chi connectivity index (χ4n) is 4.77. The summed E-state index contributed by atoms with van der Waals surface area (Å²) < 4.78 is 16.0. The number of carboxylic acid groups (broad SMARTS) is 2. The highest BCUT2D eigenvalue weighted by atomic mass is 35.5. The number of halogens is 2. The molecule has 0 radical (unpaired) electrons. The SMILES string of the molecule is Cc1ccnc(C(C)C)c1-n1c(=O)c(N)c(N2C[C@@H](C)N(C(=O)O)C[C@@H]2C(=O)O)c2cc(F)c(Cl)nc21. The van der Waals surface area contributed by atoms with Crippen molar-refractivity contribution in [1.29, 1.82) is 0 Å². The number of carbonyl (C=O) groups is 2. The lowest BCUT2D eigenvalue weighted by Crippen LogP contribution is -2.61. The maximum atomic E-state index is 14.8. The number of pyridine rings is 3. The number of aliphatic carboxylic acids is 1. The summed E-state index contributed by atoms with van der Waals surface area (Å²) in [6.07, 6.45) is 0.333. The second-order valence-corrected chi connectivity index (χ2v) is 9.70. The summed E-state index contributed by atoms with van der Waals surface area (Å²) in [6, 6.07) is 0.726. The molecule has 1 aliphatic rings. The topological polar surface area (TPSA) is 155 Å². The molecule has 196 valence electrons. The summed E-state index contributed by atoms with van der Waals surface area (Å²) >= 11 is 6.05. The summed E-state index contributed by atoms with van der Waals surface area (Å²) in [5, 5.41) is 19.0. The van der Waals surface area contributed by atoms with Crippen LogP contribution in [0.4, 0.5) is 20.6 Å². The van der Waals surface area contributed by atoms with E-state index in [1.807, 2.05) is 13.8 Å². The molecular weight excluding hydrogens is 507 g/mol. The summed E-state index contributed by atoms with van der Waals surface area (Å²) in [4.78, 5) is 48.7. The zero-order valence-electron chi connectivity index (χ0n) is 20.6. The third kappa shape index (κ3) is 4.31. The van der Waals surface area contributed by atoms with E-state index in [9.17, 15) is 29.0 Å². The highest BCUT2D eigenvalue weighted by Crippen LogP contribution is 2.37. The minimum atomic E-state index is -1.39. The molecule has 0 aromatic carbocycles. The van der Waals surface area contributed by atoms with Gasteiger partial charge in [0.25, 0.3) is 5.56 Å². The second kappa shape index (κ2) is 9.51. The summed E-state index contributed by atoms with van der Waals surface area (Å²) in [6.45, 7) is 6.68. The first-order valence-corrected chi connectivity index (χ1v) is 11.9. The number of nitrogens with two attached hydrogens (primary N) is 1. The van der Waals surface area contributed by atoms with Crippen LogP contribution in [0.15, 0.2) is 23.1 Å². The number of rotatable bonds is 4. The quantitative estimate of drug-likeness (QED) is 0.429. The van der Waals surface area contributed by atoms with Crippen molar-refractivity contribution in [3.05, 3.63) is 50.9 Å². The van der Waals surface area contributed by atoms with Crippen LogP contribution in [0.3, 0.4) is 0 Å². The van der Waals surface area contributed by atoms with Crippen molar-refractivity contribution in [2.45, 2.75) is 45.7 Å². The average Bonchev–Trinajstić information content (AvgIpc) is 2.81. The highest BCUT2D eigenvalue weighted by Gasteiger charge is 2.40. The van der Waals surface area contributed by atoms with Crippen molar-refractivity contribution in [1.82, 2.24) is 19.4 Å². The molecule has 0 saturated carbocycles. The lowest BCUT2D eigenvalue weighted by Gasteiger charge is -2.44. The van der Waals surface area contributed by atoms with Crippen LogP contribution in [0.2, 0.25) is 5.15 Å². The van der Waals surface area contributed by atoms with Gasteiger partial charge in [-0.2, -0.15) is 0 Å². The lowest BCUT2D eigenvalue weighted by molar-refractivity contribution is -0.139. The van der Waals surface area contributed by atoms with Gasteiger partial charge in [0.05, 0.1) is 23.6 Å². The summed E-state index contributed by atoms with van der Waals surface area (Å²) in [5.41, 5.74) is 6.93. The largest absolute Gasteiger partial charge is 0.480 e. The van der Waals surface area contributed by atoms with E-state index in [1.165, 1.54) is 9.47 Å². The molecule has 1 amide bonds. The van der Waals surface area contributed by atoms with E-state index in [-0.39, 0.29) is 34.9 Å². The first kappa shape index (κ1) is 26.1. The Labute approximate surface area is 215 Å². The third-order valence-corrected chi connectivity index (χ3v) is 6.82. The number of aryl methyl sites for hydroxylation is 1. The molecule has 37 heavy (non-hydrogen) atoms. The van der Waals surface area contributed by atoms with Crippen molar-refractivity contribution in [3.63, 3.8) is 0 Å². The molecule has 11 nitrogen and oxygen atoms in total. The minimum Gasteiger partial charge on any atom is -0.480 e. The molecule has 1 aliphatic heterocycles. The Bertz CT molecular complexity index is 1490. The molecule has 4 rings (SSSR count). The monoisotopic (exact) mass is 532 g/mol. The summed E-state index contributed by atoms with van der Waals surface area (Å²) in [5.74, 6) is -2.33. The smallest absolute Gasteiger partial charge is 0.407 e. The molecule has 13 heteroatoms. The van der Waals surface area contributed by atoms with Crippen molar-refractivity contribution in [2.75, 3.05) is 23.7 Å². The van der Waals surface area contributed by atoms with E-state index >= 15 is 0 Å². The van der Waals surface area contributed by atoms with Gasteiger partial charge in [0.1, 0.15) is 11.7 Å². The van der Waals surface area contributed by atoms with Crippen molar-refractivity contribution in [2.24, 2.45) is 0 Å². The van der Waals surface area contributed by atoms with E-state index in [2.05, 4.69) is 9.97 Å². The molecule has 0 aliphatic carbocycles. The Morgan fingerprint density at radius 2 is 1.92 bits per heavy atom. The van der Waals surface area contributed by atoms with Crippen LogP contribution in [0.25, 0.3) is 16.7 Å². The number of carboxylic acids is 1. The van der Waals surface area contributed by atoms with Gasteiger partial charge in [-0.3, -0.25) is 14.3 Å². The number of fused-ring (bicyclic) bond motifs is 1. The van der Waals surface area contributed by atoms with E-state index in [0.717, 1.165) is 11.0 Å². The number of nitrogen functional groups attached to an aromatic ring is 1. The van der Waals surface area contributed by atoms with E-state index in [1.54, 1.807) is 26.1 Å².